The second-order valence-corrected chi connectivity index (χ2v) is 5.53. The maximum atomic E-state index is 10.8. The third kappa shape index (κ3) is 3.31. The van der Waals surface area contributed by atoms with Crippen LogP contribution in [0.1, 0.15) is 32.1 Å². The Hall–Kier alpha value is -1.55. The van der Waals surface area contributed by atoms with E-state index < -0.39 is 4.92 Å². The number of hydrogen-bond acceptors (Lipinski definition) is 3. The van der Waals surface area contributed by atoms with Gasteiger partial charge in [0.25, 0.3) is 5.69 Å². The predicted molar refractivity (Wildman–Crippen MR) is 82.5 cm³/mol. The molecule has 1 aromatic carbocycles. The molecule has 4 nitrogen and oxygen atoms in total. The number of non-ortho nitro benzene ring substituents is 1. The van der Waals surface area contributed by atoms with E-state index in [4.69, 9.17) is 11.6 Å². The van der Waals surface area contributed by atoms with Crippen LogP contribution in [0.4, 0.5) is 11.4 Å². The van der Waals surface area contributed by atoms with Gasteiger partial charge < -0.3 is 4.90 Å². The highest BCUT2D eigenvalue weighted by Gasteiger charge is 2.23. The Balaban J connectivity index is 2.28. The second kappa shape index (κ2) is 6.75. The maximum Gasteiger partial charge on any atom is 0.271 e. The summed E-state index contributed by atoms with van der Waals surface area (Å²) in [6.45, 7) is 4.51. The van der Waals surface area contributed by atoms with Crippen molar-refractivity contribution in [3.63, 3.8) is 0 Å². The van der Waals surface area contributed by atoms with Gasteiger partial charge in [-0.05, 0) is 18.9 Å². The van der Waals surface area contributed by atoms with E-state index in [9.17, 15) is 10.1 Å². The van der Waals surface area contributed by atoms with Gasteiger partial charge in [-0.3, -0.25) is 10.1 Å². The van der Waals surface area contributed by atoms with Crippen molar-refractivity contribution in [1.29, 1.82) is 0 Å². The molecule has 0 aromatic heterocycles. The predicted octanol–water partition coefficient (Wildman–Crippen LogP) is 4.57. The van der Waals surface area contributed by atoms with E-state index >= 15 is 0 Å². The quantitative estimate of drug-likeness (QED) is 0.454. The van der Waals surface area contributed by atoms with Crippen LogP contribution in [0.2, 0.25) is 5.02 Å². The van der Waals surface area contributed by atoms with Crippen LogP contribution < -0.4 is 4.90 Å². The summed E-state index contributed by atoms with van der Waals surface area (Å²) in [6.07, 6.45) is 7.87. The molecule has 2 rings (SSSR count). The smallest absolute Gasteiger partial charge is 0.271 e. The van der Waals surface area contributed by atoms with Gasteiger partial charge in [0.15, 0.2) is 0 Å². The van der Waals surface area contributed by atoms with Crippen molar-refractivity contribution in [2.75, 3.05) is 11.4 Å². The van der Waals surface area contributed by atoms with Gasteiger partial charge in [-0.15, -0.1) is 6.58 Å². The van der Waals surface area contributed by atoms with Crippen molar-refractivity contribution in [1.82, 2.24) is 0 Å². The monoisotopic (exact) mass is 294 g/mol. The summed E-state index contributed by atoms with van der Waals surface area (Å²) in [7, 11) is 0. The zero-order valence-corrected chi connectivity index (χ0v) is 12.2. The summed E-state index contributed by atoms with van der Waals surface area (Å²) in [5, 5.41) is 11.2. The van der Waals surface area contributed by atoms with Gasteiger partial charge in [-0.1, -0.05) is 36.9 Å². The molecule has 20 heavy (non-hydrogen) atoms. The highest BCUT2D eigenvalue weighted by atomic mass is 35.5. The topological polar surface area (TPSA) is 46.4 Å². The van der Waals surface area contributed by atoms with E-state index in [0.717, 1.165) is 18.5 Å². The van der Waals surface area contributed by atoms with Gasteiger partial charge in [-0.25, -0.2) is 0 Å². The summed E-state index contributed by atoms with van der Waals surface area (Å²) in [5.74, 6) is 0. The Morgan fingerprint density at radius 3 is 2.65 bits per heavy atom. The van der Waals surface area contributed by atoms with Crippen molar-refractivity contribution < 1.29 is 4.92 Å². The van der Waals surface area contributed by atoms with Crippen molar-refractivity contribution in [2.45, 2.75) is 38.1 Å². The average Bonchev–Trinajstić information content (AvgIpc) is 2.46. The second-order valence-electron chi connectivity index (χ2n) is 5.13. The molecule has 0 N–H and O–H groups in total. The number of nitro benzene ring substituents is 1. The average molecular weight is 295 g/mol. The maximum absolute atomic E-state index is 10.8. The number of rotatable bonds is 5. The van der Waals surface area contributed by atoms with Crippen LogP contribution >= 0.6 is 11.6 Å². The molecule has 1 aliphatic rings. The lowest BCUT2D eigenvalue weighted by molar-refractivity contribution is -0.384. The van der Waals surface area contributed by atoms with Gasteiger partial charge in [0.05, 0.1) is 15.6 Å². The summed E-state index contributed by atoms with van der Waals surface area (Å²) in [4.78, 5) is 12.6. The Labute approximate surface area is 124 Å². The number of halogens is 1. The van der Waals surface area contributed by atoms with Crippen LogP contribution in [0.3, 0.4) is 0 Å². The molecule has 0 atom stereocenters. The van der Waals surface area contributed by atoms with Crippen LogP contribution in [0.15, 0.2) is 30.9 Å². The molecule has 0 radical (unpaired) electrons. The molecule has 0 aliphatic heterocycles. The number of nitrogens with zero attached hydrogens (tertiary/aromatic N) is 2. The van der Waals surface area contributed by atoms with Crippen molar-refractivity contribution in [3.05, 3.63) is 46.0 Å². The molecule has 0 unspecified atom stereocenters. The van der Waals surface area contributed by atoms with Crippen molar-refractivity contribution >= 4 is 23.0 Å². The minimum atomic E-state index is -0.423. The van der Waals surface area contributed by atoms with E-state index in [2.05, 4.69) is 11.5 Å². The first kappa shape index (κ1) is 14.9. The number of hydrogen-bond donors (Lipinski definition) is 0. The van der Waals surface area contributed by atoms with Gasteiger partial charge in [0.1, 0.15) is 0 Å². The van der Waals surface area contributed by atoms with Crippen molar-refractivity contribution in [3.8, 4) is 0 Å². The Morgan fingerprint density at radius 1 is 1.40 bits per heavy atom. The van der Waals surface area contributed by atoms with Crippen LogP contribution in [-0.2, 0) is 0 Å². The van der Waals surface area contributed by atoms with Gasteiger partial charge >= 0.3 is 0 Å². The fraction of sp³-hybridized carbons (Fsp3) is 0.467. The summed E-state index contributed by atoms with van der Waals surface area (Å²) >= 11 is 6.24. The highest BCUT2D eigenvalue weighted by Crippen LogP contribution is 2.34. The largest absolute Gasteiger partial charge is 0.364 e. The van der Waals surface area contributed by atoms with Crippen molar-refractivity contribution in [2.24, 2.45) is 0 Å². The Morgan fingerprint density at radius 2 is 2.10 bits per heavy atom. The van der Waals surface area contributed by atoms with Gasteiger partial charge in [0.2, 0.25) is 0 Å². The van der Waals surface area contributed by atoms with E-state index in [-0.39, 0.29) is 5.69 Å². The first-order valence-corrected chi connectivity index (χ1v) is 7.32. The third-order valence-corrected chi connectivity index (χ3v) is 4.10. The fourth-order valence-electron chi connectivity index (χ4n) is 2.82. The third-order valence-electron chi connectivity index (χ3n) is 3.79. The number of anilines is 1. The standard InChI is InChI=1S/C15H19ClN2O2/c1-2-10-17(12-6-4-3-5-7-12)15-9-8-13(18(19)20)11-14(15)16/h2,8-9,11-12H,1,3-7,10H2. The lowest BCUT2D eigenvalue weighted by Gasteiger charge is -2.36. The van der Waals surface area contributed by atoms with E-state index in [1.807, 2.05) is 6.08 Å². The zero-order chi connectivity index (χ0) is 14.5. The molecule has 0 bridgehead atoms. The molecule has 0 amide bonds. The van der Waals surface area contributed by atoms with Crippen LogP contribution in [-0.4, -0.2) is 17.5 Å². The summed E-state index contributed by atoms with van der Waals surface area (Å²) < 4.78 is 0. The van der Waals surface area contributed by atoms with Gasteiger partial charge in [-0.2, -0.15) is 0 Å². The fourth-order valence-corrected chi connectivity index (χ4v) is 3.10. The molecular formula is C15H19ClN2O2. The molecular weight excluding hydrogens is 276 g/mol. The van der Waals surface area contributed by atoms with E-state index in [0.29, 0.717) is 17.6 Å². The molecule has 1 aromatic rings. The van der Waals surface area contributed by atoms with E-state index in [1.165, 1.54) is 31.4 Å². The number of nitro groups is 1. The van der Waals surface area contributed by atoms with Gasteiger partial charge in [0, 0.05) is 24.7 Å². The molecule has 0 spiro atoms. The summed E-state index contributed by atoms with van der Waals surface area (Å²) in [6, 6.07) is 5.13. The van der Waals surface area contributed by atoms with Crippen LogP contribution in [0.5, 0.6) is 0 Å². The first-order chi connectivity index (χ1) is 9.63. The minimum absolute atomic E-state index is 0.0287. The first-order valence-electron chi connectivity index (χ1n) is 6.95. The Kier molecular flexibility index (Phi) is 5.01. The normalized spacial score (nSPS) is 15.8. The minimum Gasteiger partial charge on any atom is -0.364 e. The SMILES string of the molecule is C=CCN(c1ccc([N+](=O)[O-])cc1Cl)C1CCCCC1. The van der Waals surface area contributed by atoms with E-state index in [1.54, 1.807) is 6.07 Å². The molecule has 1 aliphatic carbocycles. The zero-order valence-electron chi connectivity index (χ0n) is 11.4. The number of benzene rings is 1. The Bertz CT molecular complexity index is 499. The highest BCUT2D eigenvalue weighted by molar-refractivity contribution is 6.33. The van der Waals surface area contributed by atoms with Crippen LogP contribution in [0, 0.1) is 10.1 Å². The molecule has 108 valence electrons. The molecule has 5 heteroatoms. The lowest BCUT2D eigenvalue weighted by Crippen LogP contribution is -2.37. The molecule has 1 saturated carbocycles. The summed E-state index contributed by atoms with van der Waals surface area (Å²) in [5.41, 5.74) is 0.894. The lowest BCUT2D eigenvalue weighted by atomic mass is 9.93. The molecule has 1 fully saturated rings. The molecule has 0 saturated heterocycles. The molecule has 0 heterocycles. The van der Waals surface area contributed by atoms with Crippen LogP contribution in [0.25, 0.3) is 0 Å².